The van der Waals surface area contributed by atoms with Gasteiger partial charge in [0.05, 0.1) is 12.7 Å². The van der Waals surface area contributed by atoms with Crippen molar-refractivity contribution in [1.29, 1.82) is 0 Å². The highest BCUT2D eigenvalue weighted by Gasteiger charge is 2.43. The number of hydrogen-bond acceptors (Lipinski definition) is 6. The molecule has 7 heteroatoms. The molecule has 7 nitrogen and oxygen atoms in total. The lowest BCUT2D eigenvalue weighted by atomic mass is 9.89. The van der Waals surface area contributed by atoms with E-state index in [2.05, 4.69) is 5.32 Å². The van der Waals surface area contributed by atoms with E-state index in [4.69, 9.17) is 14.2 Å². The molecule has 22 heavy (non-hydrogen) atoms. The second kappa shape index (κ2) is 6.42. The minimum Gasteiger partial charge on any atom is -0.467 e. The number of nitrogens with one attached hydrogen (secondary N) is 1. The molecule has 1 amide bonds. The van der Waals surface area contributed by atoms with Crippen LogP contribution in [0.5, 0.6) is 0 Å². The zero-order valence-electron chi connectivity index (χ0n) is 13.8. The predicted octanol–water partition coefficient (Wildman–Crippen LogP) is 0.917. The Bertz CT molecular complexity index is 424. The third-order valence-corrected chi connectivity index (χ3v) is 3.96. The fraction of sp³-hybridized carbons (Fsp3) is 0.867. The van der Waals surface area contributed by atoms with Crippen molar-refractivity contribution in [3.8, 4) is 0 Å². The van der Waals surface area contributed by atoms with Crippen LogP contribution >= 0.6 is 0 Å². The number of carbonyl (C=O) groups is 2. The first-order valence-corrected chi connectivity index (χ1v) is 7.69. The Balaban J connectivity index is 1.90. The van der Waals surface area contributed by atoms with Crippen molar-refractivity contribution >= 4 is 12.1 Å². The summed E-state index contributed by atoms with van der Waals surface area (Å²) in [4.78, 5) is 25.4. The van der Waals surface area contributed by atoms with E-state index in [-0.39, 0.29) is 12.1 Å². The molecule has 2 fully saturated rings. The van der Waals surface area contributed by atoms with Crippen LogP contribution in [0.25, 0.3) is 0 Å². The van der Waals surface area contributed by atoms with E-state index in [1.54, 1.807) is 4.90 Å². The minimum atomic E-state index is -0.577. The summed E-state index contributed by atoms with van der Waals surface area (Å²) in [6, 6.07) is 0. The van der Waals surface area contributed by atoms with Gasteiger partial charge < -0.3 is 24.4 Å². The highest BCUT2D eigenvalue weighted by Crippen LogP contribution is 2.30. The van der Waals surface area contributed by atoms with Gasteiger partial charge >= 0.3 is 12.1 Å². The van der Waals surface area contributed by atoms with Crippen LogP contribution in [0, 0.1) is 0 Å². The lowest BCUT2D eigenvalue weighted by molar-refractivity contribution is -0.181. The molecule has 2 aliphatic rings. The van der Waals surface area contributed by atoms with E-state index in [1.807, 2.05) is 20.8 Å². The van der Waals surface area contributed by atoms with Crippen molar-refractivity contribution in [2.24, 2.45) is 0 Å². The Labute approximate surface area is 131 Å². The van der Waals surface area contributed by atoms with Crippen LogP contribution in [-0.4, -0.2) is 67.6 Å². The number of rotatable bonds is 1. The average molecular weight is 314 g/mol. The van der Waals surface area contributed by atoms with Gasteiger partial charge in [0.25, 0.3) is 0 Å². The van der Waals surface area contributed by atoms with Crippen LogP contribution in [0.15, 0.2) is 0 Å². The summed E-state index contributed by atoms with van der Waals surface area (Å²) < 4.78 is 16.1. The maximum atomic E-state index is 12.1. The summed E-state index contributed by atoms with van der Waals surface area (Å²) >= 11 is 0. The lowest BCUT2D eigenvalue weighted by Gasteiger charge is -2.45. The summed E-state index contributed by atoms with van der Waals surface area (Å²) in [6.45, 7) is 7.82. The number of hydrogen-bond donors (Lipinski definition) is 1. The van der Waals surface area contributed by atoms with Crippen LogP contribution in [0.1, 0.15) is 33.6 Å². The summed E-state index contributed by atoms with van der Waals surface area (Å²) in [6.07, 6.45) is 0.474. The number of morpholine rings is 1. The summed E-state index contributed by atoms with van der Waals surface area (Å²) in [7, 11) is 1.36. The normalized spacial score (nSPS) is 24.9. The smallest absolute Gasteiger partial charge is 0.410 e. The van der Waals surface area contributed by atoms with Gasteiger partial charge in [-0.3, -0.25) is 0 Å². The maximum absolute atomic E-state index is 12.1. The standard InChI is InChI=1S/C15H26N2O5/c1-14(2,3)22-13(19)17-7-5-15(6-8-17)10-16-9-11(21-15)12(18)20-4/h11,16H,5-10H2,1-4H3. The topological polar surface area (TPSA) is 77.1 Å². The first-order chi connectivity index (χ1) is 10.2. The number of methoxy groups -OCH3 is 1. The second-order valence-corrected chi connectivity index (χ2v) is 6.91. The van der Waals surface area contributed by atoms with Gasteiger partial charge in [-0.05, 0) is 33.6 Å². The van der Waals surface area contributed by atoms with Gasteiger partial charge in [0, 0.05) is 26.2 Å². The molecule has 0 aromatic heterocycles. The molecule has 1 atom stereocenters. The van der Waals surface area contributed by atoms with E-state index < -0.39 is 17.3 Å². The quantitative estimate of drug-likeness (QED) is 0.725. The van der Waals surface area contributed by atoms with E-state index in [0.29, 0.717) is 39.0 Å². The second-order valence-electron chi connectivity index (χ2n) is 6.91. The van der Waals surface area contributed by atoms with Crippen molar-refractivity contribution < 1.29 is 23.8 Å². The predicted molar refractivity (Wildman–Crippen MR) is 79.5 cm³/mol. The molecule has 126 valence electrons. The van der Waals surface area contributed by atoms with Gasteiger partial charge in [0.15, 0.2) is 6.10 Å². The Hall–Kier alpha value is -1.34. The number of carbonyl (C=O) groups excluding carboxylic acids is 2. The van der Waals surface area contributed by atoms with Crippen molar-refractivity contribution in [2.45, 2.75) is 50.9 Å². The number of esters is 1. The summed E-state index contributed by atoms with van der Waals surface area (Å²) in [5.74, 6) is -0.360. The number of likely N-dealkylation sites (tertiary alicyclic amines) is 1. The monoisotopic (exact) mass is 314 g/mol. The van der Waals surface area contributed by atoms with E-state index in [0.717, 1.165) is 0 Å². The molecule has 2 heterocycles. The number of ether oxygens (including phenoxy) is 3. The van der Waals surface area contributed by atoms with Crippen molar-refractivity contribution in [3.63, 3.8) is 0 Å². The molecule has 2 saturated heterocycles. The van der Waals surface area contributed by atoms with E-state index in [1.165, 1.54) is 7.11 Å². The molecular weight excluding hydrogens is 288 g/mol. The van der Waals surface area contributed by atoms with Crippen LogP contribution in [0.3, 0.4) is 0 Å². The molecule has 2 rings (SSSR count). The highest BCUT2D eigenvalue weighted by molar-refractivity contribution is 5.75. The molecule has 0 aromatic carbocycles. The molecule has 1 unspecified atom stereocenters. The Morgan fingerprint density at radius 2 is 1.91 bits per heavy atom. The van der Waals surface area contributed by atoms with Gasteiger partial charge in [-0.15, -0.1) is 0 Å². The molecule has 0 aliphatic carbocycles. The number of piperidine rings is 1. The van der Waals surface area contributed by atoms with Gasteiger partial charge in [-0.2, -0.15) is 0 Å². The largest absolute Gasteiger partial charge is 0.467 e. The van der Waals surface area contributed by atoms with Gasteiger partial charge in [-0.1, -0.05) is 0 Å². The maximum Gasteiger partial charge on any atom is 0.410 e. The Morgan fingerprint density at radius 3 is 2.45 bits per heavy atom. The molecular formula is C15H26N2O5. The fourth-order valence-electron chi connectivity index (χ4n) is 2.80. The van der Waals surface area contributed by atoms with Crippen LogP contribution in [0.4, 0.5) is 4.79 Å². The van der Waals surface area contributed by atoms with Gasteiger partial charge in [-0.25, -0.2) is 9.59 Å². The summed E-state index contributed by atoms with van der Waals surface area (Å²) in [5.41, 5.74) is -0.902. The van der Waals surface area contributed by atoms with Crippen LogP contribution in [-0.2, 0) is 19.0 Å². The van der Waals surface area contributed by atoms with E-state index in [9.17, 15) is 9.59 Å². The molecule has 0 bridgehead atoms. The molecule has 1 N–H and O–H groups in total. The van der Waals surface area contributed by atoms with Gasteiger partial charge in [0.2, 0.25) is 0 Å². The van der Waals surface area contributed by atoms with Crippen molar-refractivity contribution in [3.05, 3.63) is 0 Å². The minimum absolute atomic E-state index is 0.296. The molecule has 1 spiro atoms. The first-order valence-electron chi connectivity index (χ1n) is 7.69. The third-order valence-electron chi connectivity index (χ3n) is 3.96. The third kappa shape index (κ3) is 4.10. The Morgan fingerprint density at radius 1 is 1.27 bits per heavy atom. The fourth-order valence-corrected chi connectivity index (χ4v) is 2.80. The molecule has 0 saturated carbocycles. The zero-order chi connectivity index (χ0) is 16.4. The van der Waals surface area contributed by atoms with Gasteiger partial charge in [0.1, 0.15) is 5.60 Å². The molecule has 2 aliphatic heterocycles. The van der Waals surface area contributed by atoms with Crippen molar-refractivity contribution in [2.75, 3.05) is 33.3 Å². The zero-order valence-corrected chi connectivity index (χ0v) is 13.8. The van der Waals surface area contributed by atoms with Crippen molar-refractivity contribution in [1.82, 2.24) is 10.2 Å². The number of nitrogens with zero attached hydrogens (tertiary/aromatic N) is 1. The molecule has 0 radical (unpaired) electrons. The van der Waals surface area contributed by atoms with Crippen LogP contribution < -0.4 is 5.32 Å². The lowest BCUT2D eigenvalue weighted by Crippen LogP contribution is -2.60. The van der Waals surface area contributed by atoms with E-state index >= 15 is 0 Å². The molecule has 0 aromatic rings. The first kappa shape index (κ1) is 17.0. The average Bonchev–Trinajstić information content (AvgIpc) is 2.45. The highest BCUT2D eigenvalue weighted by atomic mass is 16.6. The SMILES string of the molecule is COC(=O)C1CNCC2(CCN(C(=O)OC(C)(C)C)CC2)O1. The number of amides is 1. The van der Waals surface area contributed by atoms with Crippen LogP contribution in [0.2, 0.25) is 0 Å². The Kier molecular flexibility index (Phi) is 4.97. The summed E-state index contributed by atoms with van der Waals surface area (Å²) in [5, 5.41) is 3.23.